The van der Waals surface area contributed by atoms with Gasteiger partial charge in [0.2, 0.25) is 0 Å². The zero-order valence-corrected chi connectivity index (χ0v) is 14.2. The monoisotopic (exact) mass is 306 g/mol. The highest BCUT2D eigenvalue weighted by Gasteiger charge is 2.19. The summed E-state index contributed by atoms with van der Waals surface area (Å²) in [7, 11) is 1.37. The van der Waals surface area contributed by atoms with Crippen LogP contribution < -0.4 is 11.5 Å². The molecular formula is C18H30N2O2. The summed E-state index contributed by atoms with van der Waals surface area (Å²) in [5, 5.41) is 0. The maximum atomic E-state index is 10.9. The third-order valence-corrected chi connectivity index (χ3v) is 4.20. The van der Waals surface area contributed by atoms with Crippen molar-refractivity contribution in [1.29, 1.82) is 0 Å². The number of hydrogen-bond donors (Lipinski definition) is 2. The topological polar surface area (TPSA) is 78.3 Å². The maximum absolute atomic E-state index is 10.9. The van der Waals surface area contributed by atoms with E-state index >= 15 is 0 Å². The van der Waals surface area contributed by atoms with Crippen LogP contribution in [-0.2, 0) is 16.0 Å². The van der Waals surface area contributed by atoms with Crippen LogP contribution in [0, 0.1) is 5.41 Å². The summed E-state index contributed by atoms with van der Waals surface area (Å²) >= 11 is 0. The molecule has 0 unspecified atom stereocenters. The minimum atomic E-state index is -0.222. The highest BCUT2D eigenvalue weighted by molar-refractivity contribution is 5.70. The molecule has 0 saturated heterocycles. The average molecular weight is 306 g/mol. The number of carbonyl (C=O) groups excluding carboxylic acids is 1. The standard InChI is InChI=1S/C10H14N2O2.C8H16/c1-14-10(13)5-3-7-2-4-8(11)9(12)6-7;1-8(2)6-4-3-5-7-8/h2,4,6H,3,5,11-12H2,1H3;3-7H2,1-2H3. The molecule has 2 rings (SSSR count). The van der Waals surface area contributed by atoms with Gasteiger partial charge in [-0.15, -0.1) is 0 Å². The Kier molecular flexibility index (Phi) is 7.22. The van der Waals surface area contributed by atoms with Gasteiger partial charge in [0.1, 0.15) is 0 Å². The Hall–Kier alpha value is -1.71. The van der Waals surface area contributed by atoms with E-state index in [1.807, 2.05) is 6.07 Å². The number of rotatable bonds is 3. The lowest BCUT2D eigenvalue weighted by atomic mass is 9.78. The van der Waals surface area contributed by atoms with Gasteiger partial charge in [0.05, 0.1) is 18.5 Å². The van der Waals surface area contributed by atoms with E-state index in [2.05, 4.69) is 18.6 Å². The van der Waals surface area contributed by atoms with Crippen LogP contribution in [0.25, 0.3) is 0 Å². The molecule has 22 heavy (non-hydrogen) atoms. The molecule has 1 saturated carbocycles. The summed E-state index contributed by atoms with van der Waals surface area (Å²) in [6, 6.07) is 5.37. The zero-order valence-electron chi connectivity index (χ0n) is 14.2. The number of nitrogens with two attached hydrogens (primary N) is 2. The third kappa shape index (κ3) is 6.83. The summed E-state index contributed by atoms with van der Waals surface area (Å²) in [5.74, 6) is -0.222. The van der Waals surface area contributed by atoms with Gasteiger partial charge in [-0.2, -0.15) is 0 Å². The minimum Gasteiger partial charge on any atom is -0.469 e. The van der Waals surface area contributed by atoms with Gasteiger partial charge in [-0.25, -0.2) is 0 Å². The maximum Gasteiger partial charge on any atom is 0.305 e. The zero-order chi connectivity index (χ0) is 16.6. The highest BCUT2D eigenvalue weighted by Crippen LogP contribution is 2.34. The van der Waals surface area contributed by atoms with Gasteiger partial charge in [-0.05, 0) is 42.4 Å². The molecule has 0 radical (unpaired) electrons. The summed E-state index contributed by atoms with van der Waals surface area (Å²) in [6.07, 6.45) is 8.29. The van der Waals surface area contributed by atoms with Crippen LogP contribution in [0.5, 0.6) is 0 Å². The van der Waals surface area contributed by atoms with Crippen LogP contribution in [-0.4, -0.2) is 13.1 Å². The highest BCUT2D eigenvalue weighted by atomic mass is 16.5. The van der Waals surface area contributed by atoms with E-state index in [4.69, 9.17) is 11.5 Å². The minimum absolute atomic E-state index is 0.222. The van der Waals surface area contributed by atoms with Gasteiger partial charge < -0.3 is 16.2 Å². The Bertz CT molecular complexity index is 476. The van der Waals surface area contributed by atoms with Crippen LogP contribution in [0.15, 0.2) is 18.2 Å². The van der Waals surface area contributed by atoms with Gasteiger partial charge in [-0.3, -0.25) is 4.79 Å². The first-order chi connectivity index (χ1) is 10.3. The molecule has 4 heteroatoms. The van der Waals surface area contributed by atoms with E-state index in [9.17, 15) is 4.79 Å². The molecule has 1 aromatic carbocycles. The van der Waals surface area contributed by atoms with Gasteiger partial charge in [0, 0.05) is 6.42 Å². The number of carbonyl (C=O) groups is 1. The molecule has 0 atom stereocenters. The molecule has 4 nitrogen and oxygen atoms in total. The largest absolute Gasteiger partial charge is 0.469 e. The van der Waals surface area contributed by atoms with Crippen molar-refractivity contribution >= 4 is 17.3 Å². The van der Waals surface area contributed by atoms with Crippen molar-refractivity contribution in [3.05, 3.63) is 23.8 Å². The predicted octanol–water partition coefficient (Wildman–Crippen LogP) is 3.93. The lowest BCUT2D eigenvalue weighted by Crippen LogP contribution is -2.14. The van der Waals surface area contributed by atoms with Crippen LogP contribution in [0.2, 0.25) is 0 Å². The van der Waals surface area contributed by atoms with Gasteiger partial charge in [0.25, 0.3) is 0 Å². The SMILES string of the molecule is CC1(C)CCCCC1.COC(=O)CCc1ccc(N)c(N)c1. The first kappa shape index (κ1) is 18.3. The van der Waals surface area contributed by atoms with E-state index in [1.165, 1.54) is 39.2 Å². The molecule has 0 bridgehead atoms. The van der Waals surface area contributed by atoms with E-state index in [1.54, 1.807) is 12.1 Å². The Morgan fingerprint density at radius 3 is 2.23 bits per heavy atom. The smallest absolute Gasteiger partial charge is 0.305 e. The molecule has 0 spiro atoms. The van der Waals surface area contributed by atoms with E-state index in [-0.39, 0.29) is 5.97 Å². The van der Waals surface area contributed by atoms with Crippen LogP contribution >= 0.6 is 0 Å². The fraction of sp³-hybridized carbons (Fsp3) is 0.611. The van der Waals surface area contributed by atoms with Crippen molar-refractivity contribution in [2.75, 3.05) is 18.6 Å². The van der Waals surface area contributed by atoms with Crippen LogP contribution in [0.1, 0.15) is 57.9 Å². The molecule has 1 fully saturated rings. The second-order valence-electron chi connectivity index (χ2n) is 6.76. The summed E-state index contributed by atoms with van der Waals surface area (Å²) in [5.41, 5.74) is 13.9. The Morgan fingerprint density at radius 2 is 1.77 bits per heavy atom. The number of ether oxygens (including phenoxy) is 1. The normalized spacial score (nSPS) is 16.3. The van der Waals surface area contributed by atoms with E-state index < -0.39 is 0 Å². The van der Waals surface area contributed by atoms with Crippen LogP contribution in [0.3, 0.4) is 0 Å². The van der Waals surface area contributed by atoms with Gasteiger partial charge in [-0.1, -0.05) is 39.2 Å². The third-order valence-electron chi connectivity index (χ3n) is 4.20. The molecule has 1 aromatic rings. The Labute approximate surface area is 134 Å². The number of aryl methyl sites for hydroxylation is 1. The molecule has 124 valence electrons. The van der Waals surface area contributed by atoms with Crippen molar-refractivity contribution in [1.82, 2.24) is 0 Å². The summed E-state index contributed by atoms with van der Waals surface area (Å²) in [4.78, 5) is 10.9. The number of anilines is 2. The predicted molar refractivity (Wildman–Crippen MR) is 92.5 cm³/mol. The lowest BCUT2D eigenvalue weighted by molar-refractivity contribution is -0.140. The Morgan fingerprint density at radius 1 is 1.14 bits per heavy atom. The molecule has 0 aliphatic heterocycles. The summed E-state index contributed by atoms with van der Waals surface area (Å²) in [6.45, 7) is 4.76. The number of benzene rings is 1. The second kappa shape index (κ2) is 8.66. The molecule has 1 aliphatic rings. The fourth-order valence-electron chi connectivity index (χ4n) is 2.64. The van der Waals surface area contributed by atoms with Gasteiger partial charge in [0.15, 0.2) is 0 Å². The number of methoxy groups -OCH3 is 1. The van der Waals surface area contributed by atoms with Crippen molar-refractivity contribution in [2.45, 2.75) is 58.8 Å². The molecular weight excluding hydrogens is 276 g/mol. The molecule has 0 amide bonds. The first-order valence-corrected chi connectivity index (χ1v) is 8.05. The molecule has 0 aromatic heterocycles. The number of hydrogen-bond acceptors (Lipinski definition) is 4. The Balaban J connectivity index is 0.000000255. The van der Waals surface area contributed by atoms with Crippen molar-refractivity contribution in [3.63, 3.8) is 0 Å². The van der Waals surface area contributed by atoms with Crippen molar-refractivity contribution in [2.24, 2.45) is 5.41 Å². The van der Waals surface area contributed by atoms with E-state index in [0.717, 1.165) is 5.56 Å². The van der Waals surface area contributed by atoms with Crippen molar-refractivity contribution < 1.29 is 9.53 Å². The van der Waals surface area contributed by atoms with Crippen molar-refractivity contribution in [3.8, 4) is 0 Å². The fourth-order valence-corrected chi connectivity index (χ4v) is 2.64. The number of esters is 1. The molecule has 0 heterocycles. The van der Waals surface area contributed by atoms with Crippen LogP contribution in [0.4, 0.5) is 11.4 Å². The molecule has 1 aliphatic carbocycles. The van der Waals surface area contributed by atoms with Gasteiger partial charge >= 0.3 is 5.97 Å². The lowest BCUT2D eigenvalue weighted by Gasteiger charge is -2.28. The molecule has 4 N–H and O–H groups in total. The second-order valence-corrected chi connectivity index (χ2v) is 6.76. The average Bonchev–Trinajstić information content (AvgIpc) is 2.48. The summed E-state index contributed by atoms with van der Waals surface area (Å²) < 4.78 is 4.53. The quantitative estimate of drug-likeness (QED) is 0.655. The first-order valence-electron chi connectivity index (χ1n) is 8.05. The number of nitrogen functional groups attached to an aromatic ring is 2. The van der Waals surface area contributed by atoms with E-state index in [0.29, 0.717) is 29.6 Å².